The van der Waals surface area contributed by atoms with E-state index >= 15 is 4.39 Å². The van der Waals surface area contributed by atoms with Gasteiger partial charge in [-0.1, -0.05) is 18.5 Å². The second-order valence-electron chi connectivity index (χ2n) is 8.05. The van der Waals surface area contributed by atoms with Gasteiger partial charge in [0.2, 0.25) is 0 Å². The Morgan fingerprint density at radius 1 is 1.14 bits per heavy atom. The summed E-state index contributed by atoms with van der Waals surface area (Å²) >= 11 is 5.74. The van der Waals surface area contributed by atoms with Crippen molar-refractivity contribution in [3.8, 4) is 0 Å². The summed E-state index contributed by atoms with van der Waals surface area (Å²) in [5, 5.41) is 18.6. The molecule has 12 heteroatoms. The van der Waals surface area contributed by atoms with Crippen molar-refractivity contribution >= 4 is 29.4 Å². The minimum atomic E-state index is -1.39. The van der Waals surface area contributed by atoms with Gasteiger partial charge in [-0.15, -0.1) is 0 Å². The zero-order chi connectivity index (χ0) is 26.7. The van der Waals surface area contributed by atoms with Gasteiger partial charge in [0.25, 0.3) is 5.91 Å². The lowest BCUT2D eigenvalue weighted by Crippen LogP contribution is -2.48. The first-order valence-electron chi connectivity index (χ1n) is 11.1. The molecular weight excluding hydrogens is 498 g/mol. The van der Waals surface area contributed by atoms with Gasteiger partial charge in [-0.05, 0) is 30.2 Å². The zero-order valence-electron chi connectivity index (χ0n) is 19.6. The van der Waals surface area contributed by atoms with Crippen LogP contribution in [0.3, 0.4) is 0 Å². The molecule has 0 atom stereocenters. The van der Waals surface area contributed by atoms with E-state index in [2.05, 4.69) is 15.3 Å². The van der Waals surface area contributed by atoms with Gasteiger partial charge in [0, 0.05) is 62.6 Å². The Kier molecular flexibility index (Phi) is 10.9. The Balaban J connectivity index is 0.000000493. The largest absolute Gasteiger partial charge is 0.478 e. The molecule has 194 valence electrons. The number of hydrogen-bond donors (Lipinski definition) is 3. The first-order valence-corrected chi connectivity index (χ1v) is 11.5. The van der Waals surface area contributed by atoms with Crippen molar-refractivity contribution < 1.29 is 33.4 Å². The second kappa shape index (κ2) is 13.6. The molecule has 0 aliphatic carbocycles. The predicted octanol–water partition coefficient (Wildman–Crippen LogP) is 3.28. The number of hydrogen-bond acceptors (Lipinski definition) is 6. The van der Waals surface area contributed by atoms with Crippen molar-refractivity contribution in [3.63, 3.8) is 0 Å². The number of carboxylic acids is 2. The van der Waals surface area contributed by atoms with E-state index < -0.39 is 23.4 Å². The Labute approximate surface area is 211 Å². The van der Waals surface area contributed by atoms with Crippen molar-refractivity contribution in [3.05, 3.63) is 70.5 Å². The van der Waals surface area contributed by atoms with Crippen LogP contribution in [-0.4, -0.2) is 68.2 Å². The number of carbonyl (C=O) groups is 3. The van der Waals surface area contributed by atoms with E-state index in [1.807, 2.05) is 6.92 Å². The molecule has 0 saturated carbocycles. The average molecular weight is 525 g/mol. The van der Waals surface area contributed by atoms with Crippen molar-refractivity contribution in [2.24, 2.45) is 0 Å². The Morgan fingerprint density at radius 3 is 2.22 bits per heavy atom. The molecule has 1 aliphatic rings. The second-order valence-corrected chi connectivity index (χ2v) is 8.45. The normalized spacial score (nSPS) is 14.7. The third-order valence-corrected chi connectivity index (χ3v) is 5.66. The van der Waals surface area contributed by atoms with Gasteiger partial charge < -0.3 is 20.4 Å². The summed E-state index contributed by atoms with van der Waals surface area (Å²) in [5.74, 6) is -2.72. The SMILES string of the molecule is CCc1cnc(CNCC2(F)CCN(C(=O)c3ccc(F)c(Cl)c3)CC2)nc1.O=C(O)/C=C/C(=O)O. The van der Waals surface area contributed by atoms with E-state index in [0.29, 0.717) is 43.2 Å². The smallest absolute Gasteiger partial charge is 0.328 e. The number of aliphatic carboxylic acids is 2. The van der Waals surface area contributed by atoms with Crippen LogP contribution in [-0.2, 0) is 22.6 Å². The standard InChI is InChI=1S/C20H23ClF2N4O.C4H4O4/c1-2-14-10-25-18(26-11-14)12-24-13-20(23)5-7-27(8-6-20)19(28)15-3-4-17(22)16(21)9-15;5-3(6)1-2-4(7)8/h3-4,9-11,24H,2,5-8,12-13H2,1H3;1-2H,(H,5,6)(H,7,8)/b;2-1+. The fourth-order valence-electron chi connectivity index (χ4n) is 3.30. The van der Waals surface area contributed by atoms with E-state index in [4.69, 9.17) is 21.8 Å². The molecule has 0 spiro atoms. The number of aryl methyl sites for hydroxylation is 1. The molecule has 1 aromatic carbocycles. The molecule has 1 fully saturated rings. The van der Waals surface area contributed by atoms with Gasteiger partial charge >= 0.3 is 11.9 Å². The fourth-order valence-corrected chi connectivity index (χ4v) is 3.48. The van der Waals surface area contributed by atoms with Crippen LogP contribution in [0.1, 0.15) is 41.5 Å². The number of rotatable bonds is 8. The molecule has 1 aromatic heterocycles. The Bertz CT molecular complexity index is 1070. The predicted molar refractivity (Wildman–Crippen MR) is 128 cm³/mol. The van der Waals surface area contributed by atoms with E-state index in [0.717, 1.165) is 18.1 Å². The summed E-state index contributed by atoms with van der Waals surface area (Å²) in [6.45, 7) is 3.20. The Hall–Kier alpha value is -3.44. The maximum Gasteiger partial charge on any atom is 0.328 e. The van der Waals surface area contributed by atoms with Gasteiger partial charge in [0.05, 0.1) is 11.6 Å². The highest BCUT2D eigenvalue weighted by Gasteiger charge is 2.36. The van der Waals surface area contributed by atoms with Crippen molar-refractivity contribution in [1.29, 1.82) is 0 Å². The molecule has 3 N–H and O–H groups in total. The molecule has 2 aromatic rings. The maximum atomic E-state index is 15.0. The monoisotopic (exact) mass is 524 g/mol. The fraction of sp³-hybridized carbons (Fsp3) is 0.375. The number of piperidine rings is 1. The van der Waals surface area contributed by atoms with Crippen LogP contribution in [0.2, 0.25) is 5.02 Å². The highest BCUT2D eigenvalue weighted by molar-refractivity contribution is 6.31. The number of nitrogens with one attached hydrogen (secondary N) is 1. The van der Waals surface area contributed by atoms with Crippen LogP contribution < -0.4 is 5.32 Å². The highest BCUT2D eigenvalue weighted by Crippen LogP contribution is 2.27. The molecule has 1 aliphatic heterocycles. The van der Waals surface area contributed by atoms with Crippen LogP contribution in [0.5, 0.6) is 0 Å². The molecule has 0 bridgehead atoms. The summed E-state index contributed by atoms with van der Waals surface area (Å²) in [6, 6.07) is 3.87. The molecule has 0 unspecified atom stereocenters. The quantitative estimate of drug-likeness (QED) is 0.448. The minimum absolute atomic E-state index is 0.0962. The number of halogens is 3. The van der Waals surface area contributed by atoms with Crippen molar-refractivity contribution in [2.75, 3.05) is 19.6 Å². The van der Waals surface area contributed by atoms with E-state index in [1.165, 1.54) is 12.1 Å². The summed E-state index contributed by atoms with van der Waals surface area (Å²) in [7, 11) is 0. The van der Waals surface area contributed by atoms with Gasteiger partial charge in [0.1, 0.15) is 17.3 Å². The number of carboxylic acid groups (broad SMARTS) is 2. The van der Waals surface area contributed by atoms with E-state index in [-0.39, 0.29) is 30.3 Å². The topological polar surface area (TPSA) is 133 Å². The molecule has 2 heterocycles. The summed E-state index contributed by atoms with van der Waals surface area (Å²) < 4.78 is 28.3. The van der Waals surface area contributed by atoms with E-state index in [9.17, 15) is 18.8 Å². The summed E-state index contributed by atoms with van der Waals surface area (Å²) in [6.07, 6.45) is 6.01. The average Bonchev–Trinajstić information content (AvgIpc) is 2.85. The lowest BCUT2D eigenvalue weighted by atomic mass is 9.92. The number of carbonyl (C=O) groups excluding carboxylic acids is 1. The number of amides is 1. The zero-order valence-corrected chi connectivity index (χ0v) is 20.3. The van der Waals surface area contributed by atoms with Crippen LogP contribution in [0.25, 0.3) is 0 Å². The van der Waals surface area contributed by atoms with Gasteiger partial charge in [-0.2, -0.15) is 0 Å². The van der Waals surface area contributed by atoms with Crippen LogP contribution in [0.4, 0.5) is 8.78 Å². The molecule has 1 saturated heterocycles. The van der Waals surface area contributed by atoms with Crippen LogP contribution in [0, 0.1) is 5.82 Å². The number of nitrogens with zero attached hydrogens (tertiary/aromatic N) is 3. The molecular formula is C24H27ClF2N4O5. The number of alkyl halides is 1. The molecule has 0 radical (unpaired) electrons. The third kappa shape index (κ3) is 9.31. The molecule has 3 rings (SSSR count). The summed E-state index contributed by atoms with van der Waals surface area (Å²) in [4.78, 5) is 41.7. The molecule has 1 amide bonds. The molecule has 36 heavy (non-hydrogen) atoms. The third-order valence-electron chi connectivity index (χ3n) is 5.37. The molecule has 9 nitrogen and oxygen atoms in total. The number of likely N-dealkylation sites (tertiary alicyclic amines) is 1. The Morgan fingerprint density at radius 2 is 1.72 bits per heavy atom. The van der Waals surface area contributed by atoms with Gasteiger partial charge in [0.15, 0.2) is 0 Å². The first kappa shape index (κ1) is 28.8. The first-order chi connectivity index (χ1) is 17.0. The van der Waals surface area contributed by atoms with Crippen molar-refractivity contribution in [2.45, 2.75) is 38.4 Å². The van der Waals surface area contributed by atoms with Crippen LogP contribution >= 0.6 is 11.6 Å². The maximum absolute atomic E-state index is 15.0. The number of aromatic nitrogens is 2. The van der Waals surface area contributed by atoms with Gasteiger partial charge in [-0.25, -0.2) is 28.3 Å². The van der Waals surface area contributed by atoms with Crippen molar-refractivity contribution in [1.82, 2.24) is 20.2 Å². The minimum Gasteiger partial charge on any atom is -0.478 e. The lowest BCUT2D eigenvalue weighted by Gasteiger charge is -2.36. The highest BCUT2D eigenvalue weighted by atomic mass is 35.5. The lowest BCUT2D eigenvalue weighted by molar-refractivity contribution is -0.134. The van der Waals surface area contributed by atoms with Crippen LogP contribution in [0.15, 0.2) is 42.7 Å². The number of benzene rings is 1. The van der Waals surface area contributed by atoms with E-state index in [1.54, 1.807) is 17.3 Å². The van der Waals surface area contributed by atoms with Gasteiger partial charge in [-0.3, -0.25) is 4.79 Å². The summed E-state index contributed by atoms with van der Waals surface area (Å²) in [5.41, 5.74) is -0.0191.